The molecule has 0 saturated carbocycles. The van der Waals surface area contributed by atoms with Gasteiger partial charge in [0.05, 0.1) is 48.1 Å². The average Bonchev–Trinajstić information content (AvgIpc) is 3.24. The molecule has 1 aliphatic heterocycles. The maximum atomic E-state index is 14.6. The molecule has 0 bridgehead atoms. The third-order valence-electron chi connectivity index (χ3n) is 6.53. The first-order valence-corrected chi connectivity index (χ1v) is 13.9. The van der Waals surface area contributed by atoms with Crippen LogP contribution in [0.1, 0.15) is 17.8 Å². The van der Waals surface area contributed by atoms with Crippen LogP contribution in [0.4, 0.5) is 28.9 Å². The number of piperidine rings is 1. The number of alkyl halides is 4. The number of sulfonamides is 1. The summed E-state index contributed by atoms with van der Waals surface area (Å²) in [6, 6.07) is 6.98. The van der Waals surface area contributed by atoms with Crippen LogP contribution in [0.5, 0.6) is 5.75 Å². The van der Waals surface area contributed by atoms with Crippen LogP contribution in [0.2, 0.25) is 0 Å². The maximum absolute atomic E-state index is 14.6. The van der Waals surface area contributed by atoms with Gasteiger partial charge in [0.15, 0.2) is 5.65 Å². The Kier molecular flexibility index (Phi) is 8.77. The van der Waals surface area contributed by atoms with E-state index in [-0.39, 0.29) is 40.8 Å². The Balaban J connectivity index is 1.60. The molecule has 2 aromatic heterocycles. The normalized spacial score (nSPS) is 18.3. The van der Waals surface area contributed by atoms with Gasteiger partial charge in [0.2, 0.25) is 10.0 Å². The first-order valence-electron chi connectivity index (χ1n) is 12.4. The summed E-state index contributed by atoms with van der Waals surface area (Å²) in [5.41, 5.74) is 0.931. The number of aromatic nitrogens is 2. The average molecular weight is 583 g/mol. The molecule has 9 nitrogen and oxygen atoms in total. The van der Waals surface area contributed by atoms with E-state index in [1.165, 1.54) is 43.0 Å². The molecular weight excluding hydrogens is 552 g/mol. The van der Waals surface area contributed by atoms with Gasteiger partial charge >= 0.3 is 6.18 Å². The summed E-state index contributed by atoms with van der Waals surface area (Å²) in [6.45, 7) is 0.965. The Hall–Kier alpha value is -3.54. The minimum Gasteiger partial charge on any atom is -0.495 e. The topological polar surface area (TPSA) is 100 Å². The van der Waals surface area contributed by atoms with Crippen molar-refractivity contribution in [3.63, 3.8) is 0 Å². The first kappa shape index (κ1) is 29.4. The van der Waals surface area contributed by atoms with Gasteiger partial charge in [-0.2, -0.15) is 13.2 Å². The van der Waals surface area contributed by atoms with E-state index in [1.54, 1.807) is 12.1 Å². The van der Waals surface area contributed by atoms with E-state index in [2.05, 4.69) is 32.2 Å². The van der Waals surface area contributed by atoms with Gasteiger partial charge in [0, 0.05) is 25.4 Å². The number of hydrogen-bond donors (Lipinski definition) is 3. The van der Waals surface area contributed by atoms with E-state index in [0.29, 0.717) is 24.3 Å². The third kappa shape index (κ3) is 6.78. The number of hydrogen-bond acceptors (Lipinski definition) is 7. The number of methoxy groups -OCH3 is 1. The summed E-state index contributed by atoms with van der Waals surface area (Å²) in [5, 5.41) is 6.11. The minimum absolute atomic E-state index is 0.00807. The van der Waals surface area contributed by atoms with Crippen molar-refractivity contribution in [2.75, 3.05) is 51.5 Å². The SMILES string of the molecule is CNS(=O)(=O)c1ccc(NCC#Cc2nc3c(N[C@@H]4CCN(C)C[C@@H]4F)cccn3c2CC(F)(F)F)c(OC)c1. The molecule has 216 valence electrons. The number of anilines is 2. The molecule has 0 aliphatic carbocycles. The summed E-state index contributed by atoms with van der Waals surface area (Å²) in [4.78, 5) is 6.29. The fourth-order valence-corrected chi connectivity index (χ4v) is 5.22. The van der Waals surface area contributed by atoms with E-state index in [9.17, 15) is 26.0 Å². The van der Waals surface area contributed by atoms with Crippen LogP contribution in [-0.4, -0.2) is 81.9 Å². The van der Waals surface area contributed by atoms with Crippen molar-refractivity contribution in [1.82, 2.24) is 19.0 Å². The molecule has 3 aromatic rings. The fraction of sp³-hybridized carbons (Fsp3) is 0.423. The number of halogens is 4. The first-order chi connectivity index (χ1) is 18.9. The Morgan fingerprint density at radius 1 is 1.23 bits per heavy atom. The monoisotopic (exact) mass is 582 g/mol. The number of benzene rings is 1. The molecule has 2 atom stereocenters. The van der Waals surface area contributed by atoms with Crippen LogP contribution in [-0.2, 0) is 16.4 Å². The van der Waals surface area contributed by atoms with E-state index in [4.69, 9.17) is 4.74 Å². The summed E-state index contributed by atoms with van der Waals surface area (Å²) in [5.74, 6) is 5.75. The van der Waals surface area contributed by atoms with Gasteiger partial charge in [-0.3, -0.25) is 0 Å². The number of nitrogens with zero attached hydrogens (tertiary/aromatic N) is 3. The predicted octanol–water partition coefficient (Wildman–Crippen LogP) is 3.27. The van der Waals surface area contributed by atoms with Crippen molar-refractivity contribution in [2.24, 2.45) is 0 Å². The van der Waals surface area contributed by atoms with Gasteiger partial charge < -0.3 is 24.7 Å². The molecule has 0 unspecified atom stereocenters. The molecule has 1 fully saturated rings. The second-order valence-electron chi connectivity index (χ2n) is 9.36. The molecule has 1 aliphatic rings. The van der Waals surface area contributed by atoms with Crippen LogP contribution in [0.15, 0.2) is 41.4 Å². The van der Waals surface area contributed by atoms with Crippen molar-refractivity contribution in [1.29, 1.82) is 0 Å². The van der Waals surface area contributed by atoms with Crippen molar-refractivity contribution in [3.05, 3.63) is 47.9 Å². The third-order valence-corrected chi connectivity index (χ3v) is 7.94. The van der Waals surface area contributed by atoms with Gasteiger partial charge in [0.1, 0.15) is 17.6 Å². The summed E-state index contributed by atoms with van der Waals surface area (Å²) in [7, 11) is 0.830. The van der Waals surface area contributed by atoms with Crippen molar-refractivity contribution in [2.45, 2.75) is 36.1 Å². The second kappa shape index (κ2) is 11.9. The lowest BCUT2D eigenvalue weighted by Crippen LogP contribution is -2.46. The smallest absolute Gasteiger partial charge is 0.394 e. The number of nitrogens with one attached hydrogen (secondary N) is 3. The Morgan fingerprint density at radius 3 is 2.67 bits per heavy atom. The van der Waals surface area contributed by atoms with E-state index >= 15 is 0 Å². The number of rotatable bonds is 8. The van der Waals surface area contributed by atoms with Crippen LogP contribution >= 0.6 is 0 Å². The molecule has 0 amide bonds. The molecule has 4 rings (SSSR count). The highest BCUT2D eigenvalue weighted by molar-refractivity contribution is 7.89. The zero-order chi connectivity index (χ0) is 29.1. The Morgan fingerprint density at radius 2 is 2.00 bits per heavy atom. The van der Waals surface area contributed by atoms with E-state index < -0.39 is 34.8 Å². The van der Waals surface area contributed by atoms with Gasteiger partial charge in [0.25, 0.3) is 0 Å². The zero-order valence-electron chi connectivity index (χ0n) is 22.1. The van der Waals surface area contributed by atoms with Gasteiger partial charge in [-0.25, -0.2) is 22.5 Å². The lowest BCUT2D eigenvalue weighted by Gasteiger charge is -2.33. The molecule has 1 saturated heterocycles. The van der Waals surface area contributed by atoms with Gasteiger partial charge in [-0.15, -0.1) is 0 Å². The molecule has 3 N–H and O–H groups in total. The molecule has 0 radical (unpaired) electrons. The standard InChI is InChI=1S/C26H30F4N6O3S/c1-31-40(37,38)17-8-9-21(24(14-17)39-3)32-11-4-6-20-23(15-26(28,29)30)36-12-5-7-22(25(36)34-20)33-19-10-13-35(2)16-18(19)27/h5,7-9,12,14,18-19,31-33H,10-11,13,15-16H2,1-3H3/t18-,19+/m0/s1. The highest BCUT2D eigenvalue weighted by Gasteiger charge is 2.32. The molecular formula is C26H30F4N6O3S. The van der Waals surface area contributed by atoms with Crippen molar-refractivity contribution < 1.29 is 30.7 Å². The Labute approximate surface area is 230 Å². The number of imidazole rings is 1. The van der Waals surface area contributed by atoms with Crippen LogP contribution in [0.3, 0.4) is 0 Å². The molecule has 0 spiro atoms. The van der Waals surface area contributed by atoms with Crippen molar-refractivity contribution in [3.8, 4) is 17.6 Å². The zero-order valence-corrected chi connectivity index (χ0v) is 23.0. The number of likely N-dealkylation sites (tertiary alicyclic amines) is 1. The predicted molar refractivity (Wildman–Crippen MR) is 144 cm³/mol. The summed E-state index contributed by atoms with van der Waals surface area (Å²) >= 11 is 0. The van der Waals surface area contributed by atoms with Crippen molar-refractivity contribution >= 4 is 27.0 Å². The second-order valence-corrected chi connectivity index (χ2v) is 11.2. The highest BCUT2D eigenvalue weighted by Crippen LogP contribution is 2.29. The van der Waals surface area contributed by atoms with E-state index in [0.717, 1.165) is 0 Å². The quantitative estimate of drug-likeness (QED) is 0.277. The molecule has 3 heterocycles. The molecule has 40 heavy (non-hydrogen) atoms. The Bertz CT molecular complexity index is 1530. The van der Waals surface area contributed by atoms with Crippen LogP contribution in [0, 0.1) is 11.8 Å². The van der Waals surface area contributed by atoms with Gasteiger partial charge in [-0.05, 0) is 50.7 Å². The molecule has 14 heteroatoms. The van der Waals surface area contributed by atoms with Crippen LogP contribution < -0.4 is 20.1 Å². The summed E-state index contributed by atoms with van der Waals surface area (Å²) in [6.07, 6.45) is -4.87. The largest absolute Gasteiger partial charge is 0.495 e. The van der Waals surface area contributed by atoms with Crippen LogP contribution in [0.25, 0.3) is 5.65 Å². The maximum Gasteiger partial charge on any atom is 0.394 e. The van der Waals surface area contributed by atoms with E-state index in [1.807, 2.05) is 11.9 Å². The minimum atomic E-state index is -4.51. The highest BCUT2D eigenvalue weighted by atomic mass is 32.2. The number of pyridine rings is 1. The van der Waals surface area contributed by atoms with Gasteiger partial charge in [-0.1, -0.05) is 5.92 Å². The number of ether oxygens (including phenoxy) is 1. The molecule has 1 aromatic carbocycles. The lowest BCUT2D eigenvalue weighted by atomic mass is 10.0. The lowest BCUT2D eigenvalue weighted by molar-refractivity contribution is -0.128. The number of fused-ring (bicyclic) bond motifs is 1. The summed E-state index contributed by atoms with van der Waals surface area (Å²) < 4.78 is 88.0. The fourth-order valence-electron chi connectivity index (χ4n) is 4.48.